The first-order valence-electron chi connectivity index (χ1n) is 10.0. The molecule has 0 saturated carbocycles. The van der Waals surface area contributed by atoms with Crippen LogP contribution >= 0.6 is 15.9 Å². The predicted molar refractivity (Wildman–Crippen MR) is 130 cm³/mol. The van der Waals surface area contributed by atoms with Crippen LogP contribution in [-0.2, 0) is 9.53 Å². The van der Waals surface area contributed by atoms with Gasteiger partial charge in [-0.3, -0.25) is 0 Å². The van der Waals surface area contributed by atoms with Crippen LogP contribution in [0.2, 0.25) is 0 Å². The first-order valence-corrected chi connectivity index (χ1v) is 10.8. The Kier molecular flexibility index (Phi) is 8.53. The number of hydrogen-bond acceptors (Lipinski definition) is 4. The zero-order chi connectivity index (χ0) is 22.8. The minimum atomic E-state index is -0.424. The Labute approximate surface area is 197 Å². The van der Waals surface area contributed by atoms with Crippen LogP contribution in [0.3, 0.4) is 0 Å². The van der Waals surface area contributed by atoms with E-state index in [2.05, 4.69) is 32.5 Å². The van der Waals surface area contributed by atoms with Gasteiger partial charge in [-0.1, -0.05) is 58.1 Å². The zero-order valence-corrected chi connectivity index (χ0v) is 19.5. The average Bonchev–Trinajstić information content (AvgIpc) is 2.81. The molecule has 0 bridgehead atoms. The molecule has 0 aliphatic heterocycles. The first kappa shape index (κ1) is 23.2. The maximum absolute atomic E-state index is 11.3. The van der Waals surface area contributed by atoms with E-state index < -0.39 is 5.97 Å². The van der Waals surface area contributed by atoms with E-state index in [0.717, 1.165) is 26.7 Å². The number of carbonyl (C=O) groups is 1. The summed E-state index contributed by atoms with van der Waals surface area (Å²) in [5, 5.41) is 0. The van der Waals surface area contributed by atoms with Crippen LogP contribution < -0.4 is 9.47 Å². The zero-order valence-electron chi connectivity index (χ0n) is 17.9. The summed E-state index contributed by atoms with van der Waals surface area (Å²) < 4.78 is 17.0. The fourth-order valence-electron chi connectivity index (χ4n) is 2.82. The van der Waals surface area contributed by atoms with Crippen LogP contribution in [0, 0.1) is 18.8 Å². The first-order chi connectivity index (χ1) is 15.5. The number of carbonyl (C=O) groups excluding carboxylic acids is 1. The highest BCUT2D eigenvalue weighted by Gasteiger charge is 2.06. The molecule has 0 aliphatic carbocycles. The summed E-state index contributed by atoms with van der Waals surface area (Å²) >= 11 is 3.47. The van der Waals surface area contributed by atoms with Crippen molar-refractivity contribution in [3.05, 3.63) is 100 Å². The summed E-state index contributed by atoms with van der Waals surface area (Å²) in [5.74, 6) is 7.37. The van der Waals surface area contributed by atoms with Crippen molar-refractivity contribution in [1.82, 2.24) is 0 Å². The Hall–Kier alpha value is -3.49. The van der Waals surface area contributed by atoms with Crippen LogP contribution in [0.25, 0.3) is 5.57 Å². The standard InChI is InChI=1S/C27H23BrO4/c1-20-18-25(14-15-26(20)32-19-27(29)30-2)31-17-16-23(22-10-12-24(28)13-11-22)9-8-21-6-4-3-5-7-21/h3-7,10-16,18H,17,19H2,1-2H3. The smallest absolute Gasteiger partial charge is 0.343 e. The van der Waals surface area contributed by atoms with Crippen molar-refractivity contribution in [2.75, 3.05) is 20.3 Å². The predicted octanol–water partition coefficient (Wildman–Crippen LogP) is 5.82. The van der Waals surface area contributed by atoms with Gasteiger partial charge in [0.1, 0.15) is 18.1 Å². The van der Waals surface area contributed by atoms with Crippen molar-refractivity contribution >= 4 is 27.5 Å². The Morgan fingerprint density at radius 2 is 1.75 bits per heavy atom. The number of methoxy groups -OCH3 is 1. The second-order valence-corrected chi connectivity index (χ2v) is 7.76. The fourth-order valence-corrected chi connectivity index (χ4v) is 3.09. The van der Waals surface area contributed by atoms with E-state index >= 15 is 0 Å². The summed E-state index contributed by atoms with van der Waals surface area (Å²) in [6.45, 7) is 2.13. The number of hydrogen-bond donors (Lipinski definition) is 0. The maximum atomic E-state index is 11.3. The van der Waals surface area contributed by atoms with Gasteiger partial charge in [-0.05, 0) is 66.6 Å². The van der Waals surface area contributed by atoms with E-state index in [1.807, 2.05) is 79.7 Å². The molecule has 5 heteroatoms. The highest BCUT2D eigenvalue weighted by Crippen LogP contribution is 2.24. The van der Waals surface area contributed by atoms with Crippen molar-refractivity contribution in [2.45, 2.75) is 6.92 Å². The number of rotatable bonds is 7. The lowest BCUT2D eigenvalue weighted by Gasteiger charge is -2.10. The minimum Gasteiger partial charge on any atom is -0.489 e. The Morgan fingerprint density at radius 1 is 1.00 bits per heavy atom. The van der Waals surface area contributed by atoms with Gasteiger partial charge in [0.05, 0.1) is 7.11 Å². The van der Waals surface area contributed by atoms with Gasteiger partial charge in [0.2, 0.25) is 0 Å². The van der Waals surface area contributed by atoms with E-state index in [1.54, 1.807) is 6.07 Å². The van der Waals surface area contributed by atoms with Gasteiger partial charge in [-0.2, -0.15) is 0 Å². The molecular weight excluding hydrogens is 468 g/mol. The Bertz CT molecular complexity index is 1140. The number of benzene rings is 3. The number of esters is 1. The summed E-state index contributed by atoms with van der Waals surface area (Å²) in [5.41, 5.74) is 3.72. The molecule has 3 aromatic carbocycles. The van der Waals surface area contributed by atoms with E-state index in [4.69, 9.17) is 9.47 Å². The van der Waals surface area contributed by atoms with Gasteiger partial charge in [-0.15, -0.1) is 0 Å². The van der Waals surface area contributed by atoms with Crippen molar-refractivity contribution in [3.63, 3.8) is 0 Å². The highest BCUT2D eigenvalue weighted by molar-refractivity contribution is 9.10. The molecule has 0 amide bonds. The number of allylic oxidation sites excluding steroid dienone is 1. The molecule has 4 nitrogen and oxygen atoms in total. The monoisotopic (exact) mass is 490 g/mol. The minimum absolute atomic E-state index is 0.128. The second kappa shape index (κ2) is 11.8. The summed E-state index contributed by atoms with van der Waals surface area (Å²) in [4.78, 5) is 11.3. The number of ether oxygens (including phenoxy) is 3. The molecule has 162 valence electrons. The lowest BCUT2D eigenvalue weighted by molar-refractivity contribution is -0.142. The third-order valence-corrected chi connectivity index (χ3v) is 5.06. The third-order valence-electron chi connectivity index (χ3n) is 4.53. The quantitative estimate of drug-likeness (QED) is 0.309. The van der Waals surface area contributed by atoms with Gasteiger partial charge < -0.3 is 14.2 Å². The molecule has 0 N–H and O–H groups in total. The molecular formula is C27H23BrO4. The van der Waals surface area contributed by atoms with Gasteiger partial charge in [0.25, 0.3) is 0 Å². The maximum Gasteiger partial charge on any atom is 0.343 e. The highest BCUT2D eigenvalue weighted by atomic mass is 79.9. The largest absolute Gasteiger partial charge is 0.489 e. The molecule has 0 aromatic heterocycles. The molecule has 0 fully saturated rings. The van der Waals surface area contributed by atoms with E-state index in [9.17, 15) is 4.79 Å². The van der Waals surface area contributed by atoms with Crippen LogP contribution in [0.5, 0.6) is 11.5 Å². The van der Waals surface area contributed by atoms with Crippen LogP contribution in [0.15, 0.2) is 83.3 Å². The molecule has 3 aromatic rings. The molecule has 0 saturated heterocycles. The molecule has 0 atom stereocenters. The normalized spacial score (nSPS) is 10.7. The van der Waals surface area contributed by atoms with Crippen molar-refractivity contribution in [3.8, 4) is 23.3 Å². The molecule has 0 heterocycles. The Balaban J connectivity index is 1.73. The van der Waals surface area contributed by atoms with Crippen molar-refractivity contribution < 1.29 is 19.0 Å². The van der Waals surface area contributed by atoms with E-state index in [1.165, 1.54) is 7.11 Å². The van der Waals surface area contributed by atoms with Crippen LogP contribution in [-0.4, -0.2) is 26.3 Å². The SMILES string of the molecule is COC(=O)COc1ccc(OCC=C(C#Cc2ccccc2)c2ccc(Br)cc2)cc1C. The molecule has 0 spiro atoms. The topological polar surface area (TPSA) is 44.8 Å². The molecule has 32 heavy (non-hydrogen) atoms. The van der Waals surface area contributed by atoms with E-state index in [0.29, 0.717) is 18.1 Å². The van der Waals surface area contributed by atoms with Crippen LogP contribution in [0.1, 0.15) is 16.7 Å². The third kappa shape index (κ3) is 7.04. The second-order valence-electron chi connectivity index (χ2n) is 6.84. The number of halogens is 1. The van der Waals surface area contributed by atoms with Gasteiger partial charge >= 0.3 is 5.97 Å². The summed E-state index contributed by atoms with van der Waals surface area (Å²) in [6.07, 6.45) is 1.97. The fraction of sp³-hybridized carbons (Fsp3) is 0.148. The molecule has 3 rings (SSSR count). The summed E-state index contributed by atoms with van der Waals surface area (Å²) in [6, 6.07) is 23.4. The summed E-state index contributed by atoms with van der Waals surface area (Å²) in [7, 11) is 1.33. The van der Waals surface area contributed by atoms with Gasteiger partial charge in [-0.25, -0.2) is 4.79 Å². The Morgan fingerprint density at radius 3 is 2.44 bits per heavy atom. The van der Waals surface area contributed by atoms with E-state index in [-0.39, 0.29) is 6.61 Å². The van der Waals surface area contributed by atoms with Crippen molar-refractivity contribution in [2.24, 2.45) is 0 Å². The molecule has 0 unspecified atom stereocenters. The van der Waals surface area contributed by atoms with Crippen LogP contribution in [0.4, 0.5) is 0 Å². The average molecular weight is 491 g/mol. The van der Waals surface area contributed by atoms with Gasteiger partial charge in [0, 0.05) is 15.6 Å². The van der Waals surface area contributed by atoms with Gasteiger partial charge in [0.15, 0.2) is 6.61 Å². The lowest BCUT2D eigenvalue weighted by Crippen LogP contribution is -2.13. The lowest BCUT2D eigenvalue weighted by atomic mass is 10.1. The molecule has 0 radical (unpaired) electrons. The van der Waals surface area contributed by atoms with Crippen molar-refractivity contribution in [1.29, 1.82) is 0 Å². The number of aryl methyl sites for hydroxylation is 1. The molecule has 0 aliphatic rings.